The summed E-state index contributed by atoms with van der Waals surface area (Å²) in [5.74, 6) is 3.18. The number of benzene rings is 2. The minimum absolute atomic E-state index is 0.439. The summed E-state index contributed by atoms with van der Waals surface area (Å²) < 4.78 is 1.63. The molecule has 9 heteroatoms. The lowest BCUT2D eigenvalue weighted by Crippen LogP contribution is -2.33. The largest absolute Gasteiger partial charge is 0.383 e. The second-order valence-electron chi connectivity index (χ2n) is 6.93. The van der Waals surface area contributed by atoms with Gasteiger partial charge in [0.1, 0.15) is 5.82 Å². The Kier molecular flexibility index (Phi) is 5.18. The van der Waals surface area contributed by atoms with Crippen LogP contribution >= 0.6 is 35.0 Å². The Morgan fingerprint density at radius 3 is 2.53 bits per heavy atom. The number of halogens is 2. The van der Waals surface area contributed by atoms with E-state index >= 15 is 0 Å². The fourth-order valence-corrected chi connectivity index (χ4v) is 4.87. The van der Waals surface area contributed by atoms with Crippen LogP contribution < -0.4 is 10.6 Å². The maximum Gasteiger partial charge on any atom is 0.228 e. The summed E-state index contributed by atoms with van der Waals surface area (Å²) in [6.45, 7) is 1.79. The molecule has 1 aliphatic rings. The van der Waals surface area contributed by atoms with Crippen LogP contribution in [-0.4, -0.2) is 44.3 Å². The molecule has 2 N–H and O–H groups in total. The van der Waals surface area contributed by atoms with Crippen molar-refractivity contribution in [3.63, 3.8) is 0 Å². The van der Waals surface area contributed by atoms with Crippen molar-refractivity contribution < 1.29 is 0 Å². The molecule has 0 amide bonds. The Balaban J connectivity index is 1.77. The van der Waals surface area contributed by atoms with Gasteiger partial charge in [-0.1, -0.05) is 47.5 Å². The highest BCUT2D eigenvalue weighted by molar-refractivity contribution is 7.99. The van der Waals surface area contributed by atoms with Gasteiger partial charge in [-0.15, -0.1) is 5.10 Å². The Morgan fingerprint density at radius 1 is 0.967 bits per heavy atom. The first-order valence-electron chi connectivity index (χ1n) is 9.51. The molecule has 2 aromatic heterocycles. The van der Waals surface area contributed by atoms with Crippen LogP contribution in [0.3, 0.4) is 0 Å². The molecule has 1 aliphatic heterocycles. The highest BCUT2D eigenvalue weighted by Gasteiger charge is 2.23. The van der Waals surface area contributed by atoms with Crippen LogP contribution in [-0.2, 0) is 0 Å². The van der Waals surface area contributed by atoms with Crippen molar-refractivity contribution in [2.45, 2.75) is 0 Å². The Morgan fingerprint density at radius 2 is 1.77 bits per heavy atom. The van der Waals surface area contributed by atoms with E-state index in [0.717, 1.165) is 30.2 Å². The monoisotopic (exact) mass is 456 g/mol. The molecule has 0 spiro atoms. The molecule has 5 rings (SSSR count). The average molecular weight is 457 g/mol. The maximum absolute atomic E-state index is 6.56. The second kappa shape index (κ2) is 7.98. The summed E-state index contributed by atoms with van der Waals surface area (Å²) in [7, 11) is 0. The number of anilines is 2. The molecule has 3 heterocycles. The molecule has 1 fully saturated rings. The number of nitrogen functional groups attached to an aromatic ring is 1. The predicted octanol–water partition coefficient (Wildman–Crippen LogP) is 4.92. The minimum Gasteiger partial charge on any atom is -0.383 e. The molecule has 2 aromatic carbocycles. The van der Waals surface area contributed by atoms with Gasteiger partial charge in [-0.05, 0) is 24.3 Å². The normalized spacial score (nSPS) is 14.4. The summed E-state index contributed by atoms with van der Waals surface area (Å²) in [6, 6.07) is 15.0. The van der Waals surface area contributed by atoms with Gasteiger partial charge in [-0.3, -0.25) is 0 Å². The lowest BCUT2D eigenvalue weighted by atomic mass is 10.1. The van der Waals surface area contributed by atoms with E-state index in [1.54, 1.807) is 4.68 Å². The zero-order chi connectivity index (χ0) is 20.7. The third-order valence-corrected chi connectivity index (χ3v) is 6.53. The smallest absolute Gasteiger partial charge is 0.228 e. The Labute approximate surface area is 188 Å². The van der Waals surface area contributed by atoms with Gasteiger partial charge in [-0.2, -0.15) is 16.7 Å². The number of thioether (sulfide) groups is 1. The number of fused-ring (bicyclic) bond motifs is 1. The molecule has 152 valence electrons. The molecule has 0 atom stereocenters. The quantitative estimate of drug-likeness (QED) is 0.471. The highest BCUT2D eigenvalue weighted by atomic mass is 35.5. The van der Waals surface area contributed by atoms with E-state index < -0.39 is 0 Å². The van der Waals surface area contributed by atoms with Crippen LogP contribution in [0.15, 0.2) is 48.5 Å². The van der Waals surface area contributed by atoms with E-state index in [4.69, 9.17) is 44.0 Å². The number of hydrogen-bond acceptors (Lipinski definition) is 6. The number of hydrogen-bond donors (Lipinski definition) is 1. The number of rotatable bonds is 3. The summed E-state index contributed by atoms with van der Waals surface area (Å²) >= 11 is 14.6. The van der Waals surface area contributed by atoms with Gasteiger partial charge in [0.05, 0.1) is 21.8 Å². The van der Waals surface area contributed by atoms with Crippen LogP contribution in [0.2, 0.25) is 10.0 Å². The van der Waals surface area contributed by atoms with Crippen LogP contribution in [0.1, 0.15) is 0 Å². The van der Waals surface area contributed by atoms with E-state index in [2.05, 4.69) is 4.90 Å². The van der Waals surface area contributed by atoms with Crippen LogP contribution in [0, 0.1) is 0 Å². The highest BCUT2D eigenvalue weighted by Crippen LogP contribution is 2.35. The molecule has 0 radical (unpaired) electrons. The second-order valence-corrected chi connectivity index (χ2v) is 9.00. The van der Waals surface area contributed by atoms with Crippen molar-refractivity contribution in [1.82, 2.24) is 19.7 Å². The molecular weight excluding hydrogens is 439 g/mol. The van der Waals surface area contributed by atoms with Crippen LogP contribution in [0.4, 0.5) is 11.8 Å². The third kappa shape index (κ3) is 3.47. The third-order valence-electron chi connectivity index (χ3n) is 5.03. The van der Waals surface area contributed by atoms with Crippen molar-refractivity contribution in [1.29, 1.82) is 0 Å². The zero-order valence-corrected chi connectivity index (χ0v) is 18.3. The molecule has 30 heavy (non-hydrogen) atoms. The summed E-state index contributed by atoms with van der Waals surface area (Å²) in [5, 5.41) is 6.58. The van der Waals surface area contributed by atoms with Gasteiger partial charge < -0.3 is 10.6 Å². The van der Waals surface area contributed by atoms with E-state index in [0.29, 0.717) is 44.2 Å². The standard InChI is InChI=1S/C21H18Cl2N6S/c22-14-5-3-4-13(12-14)18-17-19(24)29(16-7-2-1-6-15(16)23)27-20(17)26-21(25-18)28-8-10-30-11-9-28/h1-7,12H,8-11,24H2. The van der Waals surface area contributed by atoms with Gasteiger partial charge >= 0.3 is 0 Å². The molecule has 0 aliphatic carbocycles. The molecular formula is C21H18Cl2N6S. The van der Waals surface area contributed by atoms with Crippen molar-refractivity contribution >= 4 is 57.8 Å². The van der Waals surface area contributed by atoms with Crippen LogP contribution in [0.5, 0.6) is 0 Å². The first-order chi connectivity index (χ1) is 14.6. The lowest BCUT2D eigenvalue weighted by molar-refractivity contribution is 0.817. The fourth-order valence-electron chi connectivity index (χ4n) is 3.56. The summed E-state index contributed by atoms with van der Waals surface area (Å²) in [6.07, 6.45) is 0. The Bertz CT molecular complexity index is 1240. The van der Waals surface area contributed by atoms with Gasteiger partial charge in [0.15, 0.2) is 5.65 Å². The van der Waals surface area contributed by atoms with Crippen molar-refractivity contribution in [2.24, 2.45) is 0 Å². The fraction of sp³-hybridized carbons (Fsp3) is 0.190. The van der Waals surface area contributed by atoms with E-state index in [9.17, 15) is 0 Å². The van der Waals surface area contributed by atoms with E-state index in [1.165, 1.54) is 0 Å². The maximum atomic E-state index is 6.56. The van der Waals surface area contributed by atoms with Gasteiger partial charge in [0, 0.05) is 35.2 Å². The SMILES string of the molecule is Nc1c2c(-c3cccc(Cl)c3)nc(N3CCSCC3)nc2nn1-c1ccccc1Cl. The first kappa shape index (κ1) is 19.5. The predicted molar refractivity (Wildman–Crippen MR) is 126 cm³/mol. The summed E-state index contributed by atoms with van der Waals surface area (Å²) in [4.78, 5) is 11.9. The van der Waals surface area contributed by atoms with E-state index in [1.807, 2.05) is 60.3 Å². The topological polar surface area (TPSA) is 72.9 Å². The molecule has 0 bridgehead atoms. The van der Waals surface area contributed by atoms with Crippen molar-refractivity contribution in [3.05, 3.63) is 58.6 Å². The van der Waals surface area contributed by atoms with Gasteiger partial charge in [0.25, 0.3) is 0 Å². The minimum atomic E-state index is 0.439. The van der Waals surface area contributed by atoms with Crippen molar-refractivity contribution in [3.8, 4) is 16.9 Å². The Hall–Kier alpha value is -2.48. The number of aromatic nitrogens is 4. The zero-order valence-electron chi connectivity index (χ0n) is 15.9. The van der Waals surface area contributed by atoms with Gasteiger partial charge in [0.2, 0.25) is 5.95 Å². The molecule has 0 unspecified atom stereocenters. The summed E-state index contributed by atoms with van der Waals surface area (Å²) in [5.41, 5.74) is 9.37. The first-order valence-corrected chi connectivity index (χ1v) is 11.4. The van der Waals surface area contributed by atoms with E-state index in [-0.39, 0.29) is 0 Å². The number of para-hydroxylation sites is 1. The van der Waals surface area contributed by atoms with Crippen LogP contribution in [0.25, 0.3) is 28.0 Å². The van der Waals surface area contributed by atoms with Crippen molar-refractivity contribution in [2.75, 3.05) is 35.2 Å². The molecule has 4 aromatic rings. The molecule has 6 nitrogen and oxygen atoms in total. The molecule has 1 saturated heterocycles. The lowest BCUT2D eigenvalue weighted by Gasteiger charge is -2.26. The molecule has 0 saturated carbocycles. The average Bonchev–Trinajstić information content (AvgIpc) is 3.10. The van der Waals surface area contributed by atoms with Gasteiger partial charge in [-0.25, -0.2) is 9.67 Å². The number of nitrogens with zero attached hydrogens (tertiary/aromatic N) is 5. The number of nitrogens with two attached hydrogens (primary N) is 1.